The third-order valence-electron chi connectivity index (χ3n) is 2.74. The molecule has 2 rings (SSSR count). The van der Waals surface area contributed by atoms with Gasteiger partial charge in [0.2, 0.25) is 0 Å². The molecule has 20 heavy (non-hydrogen) atoms. The molecule has 0 fully saturated rings. The maximum atomic E-state index is 13.8. The number of halogens is 1. The second-order valence-corrected chi connectivity index (χ2v) is 3.93. The molecule has 0 N–H and O–H groups in total. The van der Waals surface area contributed by atoms with E-state index in [2.05, 4.69) is 9.72 Å². The summed E-state index contributed by atoms with van der Waals surface area (Å²) in [7, 11) is 2.71. The summed E-state index contributed by atoms with van der Waals surface area (Å²) in [5, 5.41) is 0.560. The molecule has 6 heteroatoms. The highest BCUT2D eigenvalue weighted by molar-refractivity contribution is 5.94. The maximum Gasteiger partial charge on any atom is 0.356 e. The lowest BCUT2D eigenvalue weighted by molar-refractivity contribution is 0.0594. The summed E-state index contributed by atoms with van der Waals surface area (Å²) in [4.78, 5) is 15.6. The molecule has 1 aromatic heterocycles. The highest BCUT2D eigenvalue weighted by Crippen LogP contribution is 2.31. The van der Waals surface area contributed by atoms with Crippen LogP contribution >= 0.6 is 0 Å². The molecular formula is C14H14FNO4. The molecule has 0 saturated heterocycles. The molecule has 1 heterocycles. The van der Waals surface area contributed by atoms with Crippen LogP contribution < -0.4 is 9.47 Å². The number of nitrogens with zero attached hydrogens (tertiary/aromatic N) is 1. The first kappa shape index (κ1) is 14.0. The molecular weight excluding hydrogens is 265 g/mol. The zero-order valence-corrected chi connectivity index (χ0v) is 11.4. The van der Waals surface area contributed by atoms with Gasteiger partial charge in [-0.05, 0) is 13.0 Å². The highest BCUT2D eigenvalue weighted by atomic mass is 19.1. The monoisotopic (exact) mass is 279 g/mol. The number of benzene rings is 1. The number of esters is 1. The number of rotatable bonds is 4. The van der Waals surface area contributed by atoms with E-state index in [4.69, 9.17) is 9.47 Å². The molecule has 0 aliphatic rings. The summed E-state index contributed by atoms with van der Waals surface area (Å²) in [6.45, 7) is 2.11. The minimum absolute atomic E-state index is 0.0559. The number of carbonyl (C=O) groups is 1. The number of hydrogen-bond donors (Lipinski definition) is 0. The van der Waals surface area contributed by atoms with Gasteiger partial charge in [-0.3, -0.25) is 0 Å². The maximum absolute atomic E-state index is 13.8. The molecule has 0 radical (unpaired) electrons. The van der Waals surface area contributed by atoms with Crippen LogP contribution in [0.25, 0.3) is 10.9 Å². The zero-order chi connectivity index (χ0) is 14.7. The molecule has 106 valence electrons. The van der Waals surface area contributed by atoms with Crippen molar-refractivity contribution in [3.05, 3.63) is 29.7 Å². The Labute approximate surface area is 115 Å². The summed E-state index contributed by atoms with van der Waals surface area (Å²) < 4.78 is 28.8. The van der Waals surface area contributed by atoms with Crippen molar-refractivity contribution in [3.63, 3.8) is 0 Å². The number of carbonyl (C=O) groups excluding carboxylic acids is 1. The number of ether oxygens (including phenoxy) is 3. The van der Waals surface area contributed by atoms with Crippen LogP contribution in [0.5, 0.6) is 11.5 Å². The first-order valence-corrected chi connectivity index (χ1v) is 6.00. The molecule has 0 aliphatic carbocycles. The van der Waals surface area contributed by atoms with E-state index < -0.39 is 11.8 Å². The van der Waals surface area contributed by atoms with Crippen LogP contribution in [-0.4, -0.2) is 31.8 Å². The van der Waals surface area contributed by atoms with E-state index in [1.807, 2.05) is 0 Å². The van der Waals surface area contributed by atoms with Gasteiger partial charge in [-0.1, -0.05) is 0 Å². The molecule has 0 unspecified atom stereocenters. The molecule has 5 nitrogen and oxygen atoms in total. The molecule has 0 saturated carbocycles. The van der Waals surface area contributed by atoms with Gasteiger partial charge in [0.1, 0.15) is 5.75 Å². The van der Waals surface area contributed by atoms with Gasteiger partial charge in [0.25, 0.3) is 0 Å². The number of pyridine rings is 1. The van der Waals surface area contributed by atoms with Gasteiger partial charge in [-0.15, -0.1) is 0 Å². The van der Waals surface area contributed by atoms with E-state index in [0.29, 0.717) is 23.3 Å². The van der Waals surface area contributed by atoms with E-state index in [1.54, 1.807) is 6.92 Å². The Morgan fingerprint density at radius 2 is 2.00 bits per heavy atom. The van der Waals surface area contributed by atoms with Gasteiger partial charge < -0.3 is 14.2 Å². The van der Waals surface area contributed by atoms with Crippen LogP contribution in [0.4, 0.5) is 4.39 Å². The lowest BCUT2D eigenvalue weighted by Crippen LogP contribution is -2.05. The van der Waals surface area contributed by atoms with Crippen LogP contribution in [0.3, 0.4) is 0 Å². The van der Waals surface area contributed by atoms with E-state index >= 15 is 0 Å². The molecule has 0 bridgehead atoms. The average molecular weight is 279 g/mol. The fourth-order valence-corrected chi connectivity index (χ4v) is 1.84. The van der Waals surface area contributed by atoms with Crippen LogP contribution in [0, 0.1) is 5.82 Å². The van der Waals surface area contributed by atoms with Crippen LogP contribution in [0.2, 0.25) is 0 Å². The molecule has 0 amide bonds. The standard InChI is InChI=1S/C14H14FNO4/c1-4-20-13-5-8-10(6-9(13)15)16-11(14(17)19-3)7-12(8)18-2/h5-7H,4H2,1-3H3. The smallest absolute Gasteiger partial charge is 0.356 e. The van der Waals surface area contributed by atoms with Gasteiger partial charge in [-0.2, -0.15) is 0 Å². The summed E-state index contributed by atoms with van der Waals surface area (Å²) >= 11 is 0. The highest BCUT2D eigenvalue weighted by Gasteiger charge is 2.15. The average Bonchev–Trinajstić information content (AvgIpc) is 2.46. The molecule has 2 aromatic rings. The van der Waals surface area contributed by atoms with Crippen molar-refractivity contribution in [2.75, 3.05) is 20.8 Å². The van der Waals surface area contributed by atoms with Crippen LogP contribution in [-0.2, 0) is 4.74 Å². The van der Waals surface area contributed by atoms with E-state index in [9.17, 15) is 9.18 Å². The third-order valence-corrected chi connectivity index (χ3v) is 2.74. The summed E-state index contributed by atoms with van der Waals surface area (Å²) in [6.07, 6.45) is 0. The van der Waals surface area contributed by atoms with Crippen molar-refractivity contribution in [2.45, 2.75) is 6.92 Å². The Kier molecular flexibility index (Phi) is 4.02. The van der Waals surface area contributed by atoms with Gasteiger partial charge in [-0.25, -0.2) is 14.2 Å². The minimum Gasteiger partial charge on any atom is -0.496 e. The normalized spacial score (nSPS) is 10.4. The summed E-state index contributed by atoms with van der Waals surface area (Å²) in [5.41, 5.74) is 0.353. The Morgan fingerprint density at radius 3 is 2.60 bits per heavy atom. The predicted molar refractivity (Wildman–Crippen MR) is 70.8 cm³/mol. The largest absolute Gasteiger partial charge is 0.496 e. The quantitative estimate of drug-likeness (QED) is 0.805. The van der Waals surface area contributed by atoms with E-state index in [1.165, 1.54) is 32.4 Å². The second-order valence-electron chi connectivity index (χ2n) is 3.93. The predicted octanol–water partition coefficient (Wildman–Crippen LogP) is 2.57. The Bertz CT molecular complexity index is 657. The molecule has 0 aliphatic heterocycles. The lowest BCUT2D eigenvalue weighted by Gasteiger charge is -2.10. The Morgan fingerprint density at radius 1 is 1.25 bits per heavy atom. The number of aromatic nitrogens is 1. The van der Waals surface area contributed by atoms with Crippen LogP contribution in [0.1, 0.15) is 17.4 Å². The molecule has 0 spiro atoms. The number of hydrogen-bond acceptors (Lipinski definition) is 5. The first-order chi connectivity index (χ1) is 9.60. The summed E-state index contributed by atoms with van der Waals surface area (Å²) in [5.74, 6) is -0.641. The van der Waals surface area contributed by atoms with Gasteiger partial charge in [0, 0.05) is 17.5 Å². The van der Waals surface area contributed by atoms with Crippen molar-refractivity contribution in [3.8, 4) is 11.5 Å². The zero-order valence-electron chi connectivity index (χ0n) is 11.4. The summed E-state index contributed by atoms with van der Waals surface area (Å²) in [6, 6.07) is 4.15. The van der Waals surface area contributed by atoms with Crippen molar-refractivity contribution in [1.82, 2.24) is 4.98 Å². The van der Waals surface area contributed by atoms with Crippen molar-refractivity contribution in [2.24, 2.45) is 0 Å². The lowest BCUT2D eigenvalue weighted by atomic mass is 10.1. The fraction of sp³-hybridized carbons (Fsp3) is 0.286. The Hall–Kier alpha value is -2.37. The topological polar surface area (TPSA) is 57.7 Å². The second kappa shape index (κ2) is 5.73. The van der Waals surface area contributed by atoms with Gasteiger partial charge >= 0.3 is 5.97 Å². The number of methoxy groups -OCH3 is 2. The minimum atomic E-state index is -0.612. The van der Waals surface area contributed by atoms with Crippen molar-refractivity contribution in [1.29, 1.82) is 0 Å². The molecule has 1 aromatic carbocycles. The van der Waals surface area contributed by atoms with E-state index in [-0.39, 0.29) is 11.4 Å². The van der Waals surface area contributed by atoms with E-state index in [0.717, 1.165) is 0 Å². The van der Waals surface area contributed by atoms with Gasteiger partial charge in [0.05, 0.1) is 26.3 Å². The Balaban J connectivity index is 2.67. The number of fused-ring (bicyclic) bond motifs is 1. The van der Waals surface area contributed by atoms with Crippen molar-refractivity contribution < 1.29 is 23.4 Å². The van der Waals surface area contributed by atoms with Crippen LogP contribution in [0.15, 0.2) is 18.2 Å². The SMILES string of the molecule is CCOc1cc2c(OC)cc(C(=O)OC)nc2cc1F. The van der Waals surface area contributed by atoms with Gasteiger partial charge in [0.15, 0.2) is 17.3 Å². The third kappa shape index (κ3) is 2.49. The van der Waals surface area contributed by atoms with Crippen molar-refractivity contribution >= 4 is 16.9 Å². The fourth-order valence-electron chi connectivity index (χ4n) is 1.84. The first-order valence-electron chi connectivity index (χ1n) is 6.00. The molecule has 0 atom stereocenters.